The second-order valence-corrected chi connectivity index (χ2v) is 4.61. The Balaban J connectivity index is 2.12. The van der Waals surface area contributed by atoms with Crippen LogP contribution in [0.15, 0.2) is 24.4 Å². The standard InChI is InChI=1S/C15H21N3O/c1-4-12-6-9-15(19-5-2)13(10-12)7-8-14-11-18(3)17-16-14/h6,9-11H,4-5,7-8H2,1-3H3. The van der Waals surface area contributed by atoms with Crippen molar-refractivity contribution in [1.29, 1.82) is 0 Å². The highest BCUT2D eigenvalue weighted by molar-refractivity contribution is 5.37. The van der Waals surface area contributed by atoms with Gasteiger partial charge in [-0.3, -0.25) is 4.68 Å². The predicted octanol–water partition coefficient (Wildman–Crippen LogP) is 2.56. The lowest BCUT2D eigenvalue weighted by molar-refractivity contribution is 0.336. The van der Waals surface area contributed by atoms with Gasteiger partial charge in [-0.1, -0.05) is 24.3 Å². The molecule has 0 saturated carbocycles. The maximum absolute atomic E-state index is 5.69. The van der Waals surface area contributed by atoms with Crippen molar-refractivity contribution < 1.29 is 4.74 Å². The quantitative estimate of drug-likeness (QED) is 0.800. The van der Waals surface area contributed by atoms with Crippen molar-refractivity contribution in [3.8, 4) is 5.75 Å². The number of rotatable bonds is 6. The number of ether oxygens (including phenoxy) is 1. The number of aromatic nitrogens is 3. The Labute approximate surface area is 114 Å². The molecule has 0 radical (unpaired) electrons. The molecule has 2 rings (SSSR count). The van der Waals surface area contributed by atoms with Crippen LogP contribution < -0.4 is 4.74 Å². The molecule has 19 heavy (non-hydrogen) atoms. The zero-order valence-corrected chi connectivity index (χ0v) is 11.9. The van der Waals surface area contributed by atoms with E-state index in [1.54, 1.807) is 4.68 Å². The van der Waals surface area contributed by atoms with Gasteiger partial charge in [0.15, 0.2) is 0 Å². The minimum atomic E-state index is 0.698. The van der Waals surface area contributed by atoms with E-state index in [2.05, 4.69) is 35.4 Å². The molecule has 0 unspecified atom stereocenters. The Kier molecular flexibility index (Phi) is 4.55. The molecule has 0 atom stereocenters. The van der Waals surface area contributed by atoms with Gasteiger partial charge in [-0.2, -0.15) is 0 Å². The molecule has 1 aromatic heterocycles. The SMILES string of the molecule is CCOc1ccc(CC)cc1CCc1cn(C)nn1. The van der Waals surface area contributed by atoms with E-state index in [4.69, 9.17) is 4.74 Å². The number of hydrogen-bond donors (Lipinski definition) is 0. The van der Waals surface area contributed by atoms with E-state index in [1.165, 1.54) is 11.1 Å². The van der Waals surface area contributed by atoms with Crippen LogP contribution in [0.25, 0.3) is 0 Å². The lowest BCUT2D eigenvalue weighted by Gasteiger charge is -2.11. The summed E-state index contributed by atoms with van der Waals surface area (Å²) in [5.74, 6) is 0.989. The highest BCUT2D eigenvalue weighted by Crippen LogP contribution is 2.22. The third-order valence-corrected chi connectivity index (χ3v) is 3.13. The summed E-state index contributed by atoms with van der Waals surface area (Å²) < 4.78 is 7.43. The molecule has 0 aliphatic rings. The summed E-state index contributed by atoms with van der Waals surface area (Å²) in [5.41, 5.74) is 3.62. The molecule has 0 aliphatic carbocycles. The fraction of sp³-hybridized carbons (Fsp3) is 0.467. The molecule has 2 aromatic rings. The van der Waals surface area contributed by atoms with E-state index in [9.17, 15) is 0 Å². The molecule has 0 N–H and O–H groups in total. The van der Waals surface area contributed by atoms with Gasteiger partial charge in [0, 0.05) is 13.2 Å². The summed E-state index contributed by atoms with van der Waals surface area (Å²) in [6.45, 7) is 4.88. The number of nitrogens with zero attached hydrogens (tertiary/aromatic N) is 3. The molecule has 0 aliphatic heterocycles. The normalized spacial score (nSPS) is 10.7. The summed E-state index contributed by atoms with van der Waals surface area (Å²) in [5, 5.41) is 8.08. The highest BCUT2D eigenvalue weighted by Gasteiger charge is 2.06. The van der Waals surface area contributed by atoms with Gasteiger partial charge in [-0.25, -0.2) is 0 Å². The summed E-state index contributed by atoms with van der Waals surface area (Å²) in [7, 11) is 1.89. The molecule has 0 spiro atoms. The average Bonchev–Trinajstić information content (AvgIpc) is 2.83. The first kappa shape index (κ1) is 13.6. The highest BCUT2D eigenvalue weighted by atomic mass is 16.5. The van der Waals surface area contributed by atoms with Crippen LogP contribution in [-0.4, -0.2) is 21.6 Å². The lowest BCUT2D eigenvalue weighted by Crippen LogP contribution is -2.00. The molecular formula is C15H21N3O. The van der Waals surface area contributed by atoms with Crippen molar-refractivity contribution in [2.75, 3.05) is 6.61 Å². The zero-order chi connectivity index (χ0) is 13.7. The Hall–Kier alpha value is -1.84. The number of benzene rings is 1. The second-order valence-electron chi connectivity index (χ2n) is 4.61. The Morgan fingerprint density at radius 3 is 2.68 bits per heavy atom. The molecule has 0 saturated heterocycles. The summed E-state index contributed by atoms with van der Waals surface area (Å²) in [6.07, 6.45) is 4.83. The van der Waals surface area contributed by atoms with Crippen LogP contribution in [0.5, 0.6) is 5.75 Å². The molecule has 0 bridgehead atoms. The second kappa shape index (κ2) is 6.36. The van der Waals surface area contributed by atoms with Gasteiger partial charge >= 0.3 is 0 Å². The third-order valence-electron chi connectivity index (χ3n) is 3.13. The minimum Gasteiger partial charge on any atom is -0.494 e. The van der Waals surface area contributed by atoms with Crippen LogP contribution in [0.3, 0.4) is 0 Å². The molecule has 1 heterocycles. The smallest absolute Gasteiger partial charge is 0.122 e. The predicted molar refractivity (Wildman–Crippen MR) is 75.4 cm³/mol. The van der Waals surface area contributed by atoms with Crippen molar-refractivity contribution >= 4 is 0 Å². The largest absolute Gasteiger partial charge is 0.494 e. The Bertz CT molecular complexity index is 534. The molecule has 102 valence electrons. The van der Waals surface area contributed by atoms with E-state index in [1.807, 2.05) is 20.2 Å². The molecule has 4 heteroatoms. The fourth-order valence-corrected chi connectivity index (χ4v) is 2.12. The van der Waals surface area contributed by atoms with Crippen LogP contribution in [0, 0.1) is 0 Å². The van der Waals surface area contributed by atoms with Crippen molar-refractivity contribution in [1.82, 2.24) is 15.0 Å². The van der Waals surface area contributed by atoms with Gasteiger partial charge in [0.05, 0.1) is 12.3 Å². The van der Waals surface area contributed by atoms with Gasteiger partial charge < -0.3 is 4.74 Å². The van der Waals surface area contributed by atoms with Crippen molar-refractivity contribution in [3.63, 3.8) is 0 Å². The van der Waals surface area contributed by atoms with Crippen LogP contribution in [0.1, 0.15) is 30.7 Å². The van der Waals surface area contributed by atoms with Gasteiger partial charge in [-0.15, -0.1) is 5.10 Å². The molecular weight excluding hydrogens is 238 g/mol. The average molecular weight is 259 g/mol. The monoisotopic (exact) mass is 259 g/mol. The van der Waals surface area contributed by atoms with Crippen molar-refractivity contribution in [2.24, 2.45) is 7.05 Å². The minimum absolute atomic E-state index is 0.698. The van der Waals surface area contributed by atoms with E-state index in [0.29, 0.717) is 6.61 Å². The Morgan fingerprint density at radius 1 is 1.21 bits per heavy atom. The van der Waals surface area contributed by atoms with Gasteiger partial charge in [0.25, 0.3) is 0 Å². The van der Waals surface area contributed by atoms with Crippen molar-refractivity contribution in [3.05, 3.63) is 41.2 Å². The fourth-order valence-electron chi connectivity index (χ4n) is 2.12. The topological polar surface area (TPSA) is 39.9 Å². The number of aryl methyl sites for hydroxylation is 4. The molecule has 1 aromatic carbocycles. The summed E-state index contributed by atoms with van der Waals surface area (Å²) in [4.78, 5) is 0. The maximum Gasteiger partial charge on any atom is 0.122 e. The van der Waals surface area contributed by atoms with Crippen LogP contribution in [-0.2, 0) is 26.3 Å². The van der Waals surface area contributed by atoms with E-state index in [0.717, 1.165) is 30.7 Å². The first-order valence-corrected chi connectivity index (χ1v) is 6.82. The maximum atomic E-state index is 5.69. The first-order valence-electron chi connectivity index (χ1n) is 6.82. The molecule has 0 fully saturated rings. The van der Waals surface area contributed by atoms with Crippen LogP contribution >= 0.6 is 0 Å². The van der Waals surface area contributed by atoms with E-state index in [-0.39, 0.29) is 0 Å². The number of hydrogen-bond acceptors (Lipinski definition) is 3. The van der Waals surface area contributed by atoms with E-state index >= 15 is 0 Å². The Morgan fingerprint density at radius 2 is 2.05 bits per heavy atom. The molecule has 4 nitrogen and oxygen atoms in total. The van der Waals surface area contributed by atoms with Gasteiger partial charge in [-0.05, 0) is 43.4 Å². The van der Waals surface area contributed by atoms with Gasteiger partial charge in [0.1, 0.15) is 5.75 Å². The lowest BCUT2D eigenvalue weighted by atomic mass is 10.0. The summed E-state index contributed by atoms with van der Waals surface area (Å²) in [6, 6.07) is 6.45. The molecule has 0 amide bonds. The van der Waals surface area contributed by atoms with Crippen molar-refractivity contribution in [2.45, 2.75) is 33.1 Å². The van der Waals surface area contributed by atoms with Crippen LogP contribution in [0.2, 0.25) is 0 Å². The van der Waals surface area contributed by atoms with Gasteiger partial charge in [0.2, 0.25) is 0 Å². The van der Waals surface area contributed by atoms with E-state index < -0.39 is 0 Å². The van der Waals surface area contributed by atoms with Crippen LogP contribution in [0.4, 0.5) is 0 Å². The first-order chi connectivity index (χ1) is 9.22. The zero-order valence-electron chi connectivity index (χ0n) is 11.9. The summed E-state index contributed by atoms with van der Waals surface area (Å²) >= 11 is 0. The third kappa shape index (κ3) is 3.56.